The van der Waals surface area contributed by atoms with Gasteiger partial charge in [0.15, 0.2) is 0 Å². The molecule has 0 radical (unpaired) electrons. The van der Waals surface area contributed by atoms with Gasteiger partial charge >= 0.3 is 0 Å². The van der Waals surface area contributed by atoms with Crippen LogP contribution in [0.15, 0.2) is 64.8 Å². The first-order valence-corrected chi connectivity index (χ1v) is 7.21. The van der Waals surface area contributed by atoms with E-state index in [1.54, 1.807) is 13.2 Å². The van der Waals surface area contributed by atoms with Crippen LogP contribution in [0.3, 0.4) is 0 Å². The summed E-state index contributed by atoms with van der Waals surface area (Å²) in [7, 11) is 1.61. The van der Waals surface area contributed by atoms with E-state index in [1.807, 2.05) is 54.6 Å². The topological polar surface area (TPSA) is 86.0 Å². The molecule has 0 atom stereocenters. The minimum Gasteiger partial charge on any atom is -0.497 e. The highest BCUT2D eigenvalue weighted by atomic mass is 35.5. The van der Waals surface area contributed by atoms with Crippen molar-refractivity contribution in [3.05, 3.63) is 70.8 Å². The van der Waals surface area contributed by atoms with Gasteiger partial charge in [-0.1, -0.05) is 35.9 Å². The fraction of sp³-hybridized carbons (Fsp3) is 0.0588. The summed E-state index contributed by atoms with van der Waals surface area (Å²) < 4.78 is 5.15. The molecule has 0 aliphatic rings. The van der Waals surface area contributed by atoms with Crippen LogP contribution >= 0.6 is 11.6 Å². The summed E-state index contributed by atoms with van der Waals surface area (Å²) in [6.07, 6.45) is 3.66. The van der Waals surface area contributed by atoms with Crippen LogP contribution in [0.2, 0.25) is 5.02 Å². The van der Waals surface area contributed by atoms with Crippen molar-refractivity contribution in [2.24, 2.45) is 21.7 Å². The maximum absolute atomic E-state index is 6.15. The highest BCUT2D eigenvalue weighted by molar-refractivity contribution is 6.32. The molecule has 0 unspecified atom stereocenters. The van der Waals surface area contributed by atoms with E-state index in [1.165, 1.54) is 0 Å². The lowest BCUT2D eigenvalue weighted by Gasteiger charge is -2.03. The Balaban J connectivity index is 2.36. The third-order valence-corrected chi connectivity index (χ3v) is 3.33. The standard InChI is InChI=1S/C17H17ClN4O/c1-23-14-9-6-13(7-10-14)16(21-22-17(19)20)11-8-12-4-2-3-5-15(12)18/h2-11H,1H3,(H4,19,20,22)/b11-8+,21-16-. The second-order valence-corrected chi connectivity index (χ2v) is 5.00. The van der Waals surface area contributed by atoms with Gasteiger partial charge in [0.25, 0.3) is 0 Å². The van der Waals surface area contributed by atoms with Crippen LogP contribution in [-0.2, 0) is 0 Å². The second kappa shape index (κ2) is 8.00. The van der Waals surface area contributed by atoms with Gasteiger partial charge in [-0.25, -0.2) is 0 Å². The van der Waals surface area contributed by atoms with Crippen molar-refractivity contribution in [2.75, 3.05) is 7.11 Å². The average Bonchev–Trinajstić information content (AvgIpc) is 2.56. The lowest BCUT2D eigenvalue weighted by atomic mass is 10.1. The van der Waals surface area contributed by atoms with E-state index in [9.17, 15) is 0 Å². The maximum atomic E-state index is 6.15. The number of ether oxygens (including phenoxy) is 1. The molecule has 23 heavy (non-hydrogen) atoms. The molecule has 6 heteroatoms. The first-order valence-electron chi connectivity index (χ1n) is 6.84. The number of guanidine groups is 1. The number of methoxy groups -OCH3 is 1. The Kier molecular flexibility index (Phi) is 5.77. The Morgan fingerprint density at radius 2 is 1.74 bits per heavy atom. The normalized spacial score (nSPS) is 11.5. The molecule has 0 aliphatic heterocycles. The monoisotopic (exact) mass is 328 g/mol. The minimum absolute atomic E-state index is 0.109. The van der Waals surface area contributed by atoms with Crippen molar-refractivity contribution in [1.29, 1.82) is 0 Å². The van der Waals surface area contributed by atoms with Gasteiger partial charge in [0.2, 0.25) is 5.96 Å². The number of hydrogen-bond donors (Lipinski definition) is 2. The van der Waals surface area contributed by atoms with Crippen molar-refractivity contribution in [1.82, 2.24) is 0 Å². The van der Waals surface area contributed by atoms with Crippen LogP contribution in [0.1, 0.15) is 11.1 Å². The van der Waals surface area contributed by atoms with Crippen LogP contribution in [0, 0.1) is 0 Å². The lowest BCUT2D eigenvalue weighted by molar-refractivity contribution is 0.415. The molecule has 0 heterocycles. The smallest absolute Gasteiger partial charge is 0.211 e. The summed E-state index contributed by atoms with van der Waals surface area (Å²) in [5.74, 6) is 0.646. The van der Waals surface area contributed by atoms with Crippen molar-refractivity contribution < 1.29 is 4.74 Å². The van der Waals surface area contributed by atoms with Crippen LogP contribution in [0.25, 0.3) is 6.08 Å². The van der Waals surface area contributed by atoms with Crippen molar-refractivity contribution in [2.45, 2.75) is 0 Å². The molecule has 118 valence electrons. The van der Waals surface area contributed by atoms with Crippen LogP contribution in [0.5, 0.6) is 5.75 Å². The quantitative estimate of drug-likeness (QED) is 0.502. The summed E-state index contributed by atoms with van der Waals surface area (Å²) in [6, 6.07) is 14.9. The van der Waals surface area contributed by atoms with E-state index in [2.05, 4.69) is 10.2 Å². The molecule has 0 saturated carbocycles. The zero-order valence-electron chi connectivity index (χ0n) is 12.6. The predicted molar refractivity (Wildman–Crippen MR) is 95.8 cm³/mol. The molecular weight excluding hydrogens is 312 g/mol. The van der Waals surface area contributed by atoms with Crippen LogP contribution in [0.4, 0.5) is 0 Å². The zero-order chi connectivity index (χ0) is 16.7. The highest BCUT2D eigenvalue weighted by Crippen LogP contribution is 2.18. The molecule has 2 aromatic rings. The number of nitrogens with zero attached hydrogens (tertiary/aromatic N) is 2. The SMILES string of the molecule is COc1ccc(C(/C=C/c2ccccc2Cl)=N\N=C(N)N)cc1. The van der Waals surface area contributed by atoms with E-state index in [0.717, 1.165) is 16.9 Å². The molecule has 0 bridgehead atoms. The van der Waals surface area contributed by atoms with Crippen LogP contribution < -0.4 is 16.2 Å². The van der Waals surface area contributed by atoms with E-state index in [0.29, 0.717) is 10.7 Å². The van der Waals surface area contributed by atoms with Crippen molar-refractivity contribution in [3.8, 4) is 5.75 Å². The third-order valence-electron chi connectivity index (χ3n) is 2.98. The highest BCUT2D eigenvalue weighted by Gasteiger charge is 2.02. The first kappa shape index (κ1) is 16.6. The number of rotatable bonds is 5. The van der Waals surface area contributed by atoms with Gasteiger partial charge in [-0.3, -0.25) is 0 Å². The van der Waals surface area contributed by atoms with Gasteiger partial charge in [-0.05, 0) is 42.0 Å². The first-order chi connectivity index (χ1) is 11.1. The van der Waals surface area contributed by atoms with Crippen molar-refractivity contribution >= 4 is 29.3 Å². The molecule has 0 saturated heterocycles. The lowest BCUT2D eigenvalue weighted by Crippen LogP contribution is -2.22. The number of hydrogen-bond acceptors (Lipinski definition) is 3. The summed E-state index contributed by atoms with van der Waals surface area (Å²) in [5.41, 5.74) is 13.0. The second-order valence-electron chi connectivity index (χ2n) is 4.59. The van der Waals surface area contributed by atoms with Gasteiger partial charge in [-0.15, -0.1) is 10.2 Å². The number of halogens is 1. The van der Waals surface area contributed by atoms with E-state index >= 15 is 0 Å². The number of benzene rings is 2. The number of allylic oxidation sites excluding steroid dienone is 1. The van der Waals surface area contributed by atoms with Gasteiger partial charge in [0.05, 0.1) is 12.8 Å². The molecule has 4 N–H and O–H groups in total. The Morgan fingerprint density at radius 3 is 2.35 bits per heavy atom. The van der Waals surface area contributed by atoms with E-state index in [4.69, 9.17) is 27.8 Å². The van der Waals surface area contributed by atoms with Crippen molar-refractivity contribution in [3.63, 3.8) is 0 Å². The number of nitrogens with two attached hydrogens (primary N) is 2. The largest absolute Gasteiger partial charge is 0.497 e. The Hall–Kier alpha value is -2.79. The van der Waals surface area contributed by atoms with E-state index in [-0.39, 0.29) is 5.96 Å². The Morgan fingerprint density at radius 1 is 1.04 bits per heavy atom. The molecule has 0 aliphatic carbocycles. The molecular formula is C17H17ClN4O. The summed E-state index contributed by atoms with van der Waals surface area (Å²) in [4.78, 5) is 0. The minimum atomic E-state index is -0.109. The predicted octanol–water partition coefficient (Wildman–Crippen LogP) is 3.04. The molecule has 0 spiro atoms. The molecule has 2 rings (SSSR count). The third kappa shape index (κ3) is 4.86. The summed E-state index contributed by atoms with van der Waals surface area (Å²) in [6.45, 7) is 0. The van der Waals surface area contributed by atoms with Gasteiger partial charge in [-0.2, -0.15) is 0 Å². The van der Waals surface area contributed by atoms with Crippen LogP contribution in [-0.4, -0.2) is 18.8 Å². The van der Waals surface area contributed by atoms with Gasteiger partial charge < -0.3 is 16.2 Å². The Bertz CT molecular complexity index is 747. The molecule has 2 aromatic carbocycles. The zero-order valence-corrected chi connectivity index (χ0v) is 13.4. The Labute approximate surface area is 139 Å². The average molecular weight is 329 g/mol. The molecule has 0 aromatic heterocycles. The van der Waals surface area contributed by atoms with E-state index < -0.39 is 0 Å². The van der Waals surface area contributed by atoms with Gasteiger partial charge in [0.1, 0.15) is 5.75 Å². The fourth-order valence-corrected chi connectivity index (χ4v) is 2.04. The fourth-order valence-electron chi connectivity index (χ4n) is 1.84. The molecule has 0 amide bonds. The van der Waals surface area contributed by atoms with Gasteiger partial charge in [0, 0.05) is 10.6 Å². The molecule has 5 nitrogen and oxygen atoms in total. The maximum Gasteiger partial charge on any atom is 0.211 e. The summed E-state index contributed by atoms with van der Waals surface area (Å²) >= 11 is 6.15. The molecule has 0 fully saturated rings. The summed E-state index contributed by atoms with van der Waals surface area (Å²) in [5, 5.41) is 8.45.